The highest BCUT2D eigenvalue weighted by Gasteiger charge is 2.19. The van der Waals surface area contributed by atoms with Crippen molar-refractivity contribution >= 4 is 0 Å². The minimum absolute atomic E-state index is 0.708. The van der Waals surface area contributed by atoms with Gasteiger partial charge in [-0.2, -0.15) is 0 Å². The molecule has 1 heterocycles. The molecule has 0 radical (unpaired) electrons. The molecular formula is C14H30N2. The van der Waals surface area contributed by atoms with E-state index in [-0.39, 0.29) is 0 Å². The first-order valence-corrected chi connectivity index (χ1v) is 7.04. The topological polar surface area (TPSA) is 15.3 Å². The molecule has 2 heteroatoms. The van der Waals surface area contributed by atoms with Crippen LogP contribution in [0, 0.1) is 11.8 Å². The number of piperidine rings is 1. The van der Waals surface area contributed by atoms with Crippen LogP contribution >= 0.6 is 0 Å². The molecule has 1 aliphatic heterocycles. The second kappa shape index (κ2) is 7.29. The highest BCUT2D eigenvalue weighted by molar-refractivity contribution is 4.75. The average molecular weight is 226 g/mol. The van der Waals surface area contributed by atoms with E-state index >= 15 is 0 Å². The van der Waals surface area contributed by atoms with Crippen molar-refractivity contribution in [3.8, 4) is 0 Å². The van der Waals surface area contributed by atoms with Crippen LogP contribution in [0.1, 0.15) is 47.0 Å². The van der Waals surface area contributed by atoms with Crippen molar-refractivity contribution < 1.29 is 0 Å². The van der Waals surface area contributed by atoms with Crippen LogP contribution in [0.3, 0.4) is 0 Å². The van der Waals surface area contributed by atoms with Crippen LogP contribution < -0.4 is 5.32 Å². The molecule has 0 spiro atoms. The van der Waals surface area contributed by atoms with Gasteiger partial charge in [0.05, 0.1) is 0 Å². The second-order valence-corrected chi connectivity index (χ2v) is 5.95. The summed E-state index contributed by atoms with van der Waals surface area (Å²) in [6, 6.07) is 0.708. The van der Waals surface area contributed by atoms with Gasteiger partial charge in [-0.3, -0.25) is 4.90 Å². The molecule has 1 fully saturated rings. The molecular weight excluding hydrogens is 196 g/mol. The van der Waals surface area contributed by atoms with Gasteiger partial charge < -0.3 is 5.32 Å². The molecule has 1 saturated heterocycles. The largest absolute Gasteiger partial charge is 0.315 e. The lowest BCUT2D eigenvalue weighted by Crippen LogP contribution is -2.44. The zero-order valence-corrected chi connectivity index (χ0v) is 11.6. The van der Waals surface area contributed by atoms with Crippen molar-refractivity contribution in [2.75, 3.05) is 26.2 Å². The lowest BCUT2D eigenvalue weighted by molar-refractivity contribution is 0.144. The normalized spacial score (nSPS) is 21.6. The fourth-order valence-electron chi connectivity index (χ4n) is 2.30. The number of rotatable bonds is 6. The third-order valence-electron chi connectivity index (χ3n) is 3.78. The quantitative estimate of drug-likeness (QED) is 0.701. The first-order valence-electron chi connectivity index (χ1n) is 7.04. The minimum Gasteiger partial charge on any atom is -0.315 e. The summed E-state index contributed by atoms with van der Waals surface area (Å²) >= 11 is 0. The summed E-state index contributed by atoms with van der Waals surface area (Å²) in [5, 5.41) is 3.58. The second-order valence-electron chi connectivity index (χ2n) is 5.95. The summed E-state index contributed by atoms with van der Waals surface area (Å²) in [5.41, 5.74) is 0. The Morgan fingerprint density at radius 3 is 2.38 bits per heavy atom. The molecule has 1 aliphatic rings. The van der Waals surface area contributed by atoms with E-state index in [1.165, 1.54) is 38.9 Å². The Balaban J connectivity index is 2.08. The van der Waals surface area contributed by atoms with E-state index in [2.05, 4.69) is 37.9 Å². The highest BCUT2D eigenvalue weighted by Crippen LogP contribution is 2.17. The Hall–Kier alpha value is -0.0800. The van der Waals surface area contributed by atoms with Crippen molar-refractivity contribution in [1.82, 2.24) is 10.2 Å². The van der Waals surface area contributed by atoms with E-state index in [1.807, 2.05) is 0 Å². The lowest BCUT2D eigenvalue weighted by Gasteiger charge is -2.35. The molecule has 0 aliphatic carbocycles. The van der Waals surface area contributed by atoms with Crippen molar-refractivity contribution in [3.63, 3.8) is 0 Å². The summed E-state index contributed by atoms with van der Waals surface area (Å²) in [6.07, 6.45) is 4.07. The van der Waals surface area contributed by atoms with Gasteiger partial charge >= 0.3 is 0 Å². The number of nitrogens with zero attached hydrogens (tertiary/aromatic N) is 1. The number of hydrogen-bond acceptors (Lipinski definition) is 2. The Bertz CT molecular complexity index is 172. The maximum absolute atomic E-state index is 3.58. The van der Waals surface area contributed by atoms with Gasteiger partial charge in [-0.15, -0.1) is 0 Å². The van der Waals surface area contributed by atoms with E-state index < -0.39 is 0 Å². The number of hydrogen-bond donors (Lipinski definition) is 1. The van der Waals surface area contributed by atoms with Crippen LogP contribution in [0.2, 0.25) is 0 Å². The Morgan fingerprint density at radius 1 is 1.19 bits per heavy atom. The lowest BCUT2D eigenvalue weighted by atomic mass is 9.98. The van der Waals surface area contributed by atoms with Crippen LogP contribution in [0.25, 0.3) is 0 Å². The molecule has 1 atom stereocenters. The fourth-order valence-corrected chi connectivity index (χ4v) is 2.30. The summed E-state index contributed by atoms with van der Waals surface area (Å²) in [7, 11) is 0. The maximum atomic E-state index is 3.58. The standard InChI is InChI=1S/C14H30N2/c1-12(2)5-8-15-11-14(4)16-9-6-13(3)7-10-16/h12-15H,5-11H2,1-4H3. The molecule has 2 nitrogen and oxygen atoms in total. The Kier molecular flexibility index (Phi) is 6.37. The van der Waals surface area contributed by atoms with Crippen LogP contribution in [-0.4, -0.2) is 37.1 Å². The van der Waals surface area contributed by atoms with E-state index in [4.69, 9.17) is 0 Å². The van der Waals surface area contributed by atoms with E-state index in [0.29, 0.717) is 6.04 Å². The summed E-state index contributed by atoms with van der Waals surface area (Å²) in [4.78, 5) is 2.64. The molecule has 1 unspecified atom stereocenters. The molecule has 0 saturated carbocycles. The van der Waals surface area contributed by atoms with Gasteiger partial charge in [-0.1, -0.05) is 20.8 Å². The highest BCUT2D eigenvalue weighted by atomic mass is 15.2. The van der Waals surface area contributed by atoms with E-state index in [1.54, 1.807) is 0 Å². The van der Waals surface area contributed by atoms with Gasteiger partial charge in [-0.05, 0) is 57.7 Å². The molecule has 0 amide bonds. The predicted molar refractivity (Wildman–Crippen MR) is 71.8 cm³/mol. The first kappa shape index (κ1) is 14.0. The molecule has 1 N–H and O–H groups in total. The zero-order valence-electron chi connectivity index (χ0n) is 11.6. The van der Waals surface area contributed by atoms with Crippen molar-refractivity contribution in [2.45, 2.75) is 53.0 Å². The molecule has 96 valence electrons. The van der Waals surface area contributed by atoms with Crippen LogP contribution in [0.5, 0.6) is 0 Å². The molecule has 0 aromatic carbocycles. The number of nitrogens with one attached hydrogen (secondary N) is 1. The van der Waals surface area contributed by atoms with Gasteiger partial charge in [0.25, 0.3) is 0 Å². The van der Waals surface area contributed by atoms with Crippen LogP contribution in [0.4, 0.5) is 0 Å². The Labute approximate surface area is 102 Å². The minimum atomic E-state index is 0.708. The molecule has 0 bridgehead atoms. The van der Waals surface area contributed by atoms with Crippen molar-refractivity contribution in [2.24, 2.45) is 11.8 Å². The molecule has 1 rings (SSSR count). The molecule has 0 aromatic heterocycles. The SMILES string of the molecule is CC(C)CCNCC(C)N1CCC(C)CC1. The Morgan fingerprint density at radius 2 is 1.81 bits per heavy atom. The zero-order chi connectivity index (χ0) is 12.0. The van der Waals surface area contributed by atoms with Gasteiger partial charge in [0.15, 0.2) is 0 Å². The third kappa shape index (κ3) is 5.31. The van der Waals surface area contributed by atoms with Crippen molar-refractivity contribution in [3.05, 3.63) is 0 Å². The summed E-state index contributed by atoms with van der Waals surface area (Å²) in [5.74, 6) is 1.76. The molecule has 0 aromatic rings. The van der Waals surface area contributed by atoms with Crippen LogP contribution in [-0.2, 0) is 0 Å². The summed E-state index contributed by atoms with van der Waals surface area (Å²) in [6.45, 7) is 14.2. The monoisotopic (exact) mass is 226 g/mol. The van der Waals surface area contributed by atoms with Crippen molar-refractivity contribution in [1.29, 1.82) is 0 Å². The smallest absolute Gasteiger partial charge is 0.0192 e. The van der Waals surface area contributed by atoms with Gasteiger partial charge in [-0.25, -0.2) is 0 Å². The predicted octanol–water partition coefficient (Wildman–Crippen LogP) is 2.74. The maximum Gasteiger partial charge on any atom is 0.0192 e. The van der Waals surface area contributed by atoms with E-state index in [0.717, 1.165) is 18.4 Å². The summed E-state index contributed by atoms with van der Waals surface area (Å²) < 4.78 is 0. The van der Waals surface area contributed by atoms with Gasteiger partial charge in [0.2, 0.25) is 0 Å². The van der Waals surface area contributed by atoms with Gasteiger partial charge in [0, 0.05) is 12.6 Å². The fraction of sp³-hybridized carbons (Fsp3) is 1.00. The third-order valence-corrected chi connectivity index (χ3v) is 3.78. The van der Waals surface area contributed by atoms with Gasteiger partial charge in [0.1, 0.15) is 0 Å². The molecule has 16 heavy (non-hydrogen) atoms. The van der Waals surface area contributed by atoms with E-state index in [9.17, 15) is 0 Å². The average Bonchev–Trinajstić information content (AvgIpc) is 2.25. The van der Waals surface area contributed by atoms with Crippen LogP contribution in [0.15, 0.2) is 0 Å². The number of likely N-dealkylation sites (tertiary alicyclic amines) is 1. The first-order chi connectivity index (χ1) is 7.59.